The summed E-state index contributed by atoms with van der Waals surface area (Å²) in [5.41, 5.74) is 2.98. The Morgan fingerprint density at radius 3 is 2.53 bits per heavy atom. The van der Waals surface area contributed by atoms with Crippen LogP contribution >= 0.6 is 35.6 Å². The Morgan fingerprint density at radius 2 is 1.85 bits per heavy atom. The molecule has 1 heterocycles. The van der Waals surface area contributed by atoms with Gasteiger partial charge in [0, 0.05) is 5.69 Å². The summed E-state index contributed by atoms with van der Waals surface area (Å²) < 4.78 is 19.3. The van der Waals surface area contributed by atoms with Crippen LogP contribution in [0.1, 0.15) is 11.1 Å². The highest BCUT2D eigenvalue weighted by Gasteiger charge is 2.33. The molecule has 3 aromatic carbocycles. The molecule has 4 rings (SSSR count). The molecule has 0 bridgehead atoms. The minimum absolute atomic E-state index is 0.0846. The van der Waals surface area contributed by atoms with Gasteiger partial charge in [-0.15, -0.1) is 0 Å². The number of ether oxygens (including phenoxy) is 1. The highest BCUT2D eigenvalue weighted by atomic mass is 35.5. The summed E-state index contributed by atoms with van der Waals surface area (Å²) >= 11 is 12.3. The molecule has 0 atom stereocenters. The molecule has 34 heavy (non-hydrogen) atoms. The highest BCUT2D eigenvalue weighted by molar-refractivity contribution is 8.27. The first kappa shape index (κ1) is 23.9. The Labute approximate surface area is 210 Å². The van der Waals surface area contributed by atoms with Gasteiger partial charge in [0.15, 0.2) is 10.9 Å². The summed E-state index contributed by atoms with van der Waals surface area (Å²) in [6, 6.07) is 18.5. The number of amides is 2. The first-order chi connectivity index (χ1) is 16.3. The molecule has 0 radical (unpaired) electrons. The molecule has 172 valence electrons. The number of carbonyl (C=O) groups is 2. The number of anilines is 2. The van der Waals surface area contributed by atoms with Gasteiger partial charge in [-0.1, -0.05) is 65.4 Å². The Bertz CT molecular complexity index is 1290. The largest absolute Gasteiger partial charge is 0.484 e. The summed E-state index contributed by atoms with van der Waals surface area (Å²) in [6.45, 7) is 1.84. The predicted octanol–water partition coefficient (Wildman–Crippen LogP) is 6.21. The van der Waals surface area contributed by atoms with E-state index < -0.39 is 5.82 Å². The molecule has 1 N–H and O–H groups in total. The minimum Gasteiger partial charge on any atom is -0.484 e. The van der Waals surface area contributed by atoms with Crippen molar-refractivity contribution in [3.8, 4) is 5.75 Å². The fourth-order valence-electron chi connectivity index (χ4n) is 3.11. The third kappa shape index (κ3) is 5.64. The van der Waals surface area contributed by atoms with E-state index in [1.807, 2.05) is 31.2 Å². The van der Waals surface area contributed by atoms with Gasteiger partial charge in [-0.3, -0.25) is 14.5 Å². The maximum Gasteiger partial charge on any atom is 0.270 e. The number of nitrogens with zero attached hydrogens (tertiary/aromatic N) is 1. The molecule has 1 saturated heterocycles. The van der Waals surface area contributed by atoms with Gasteiger partial charge in [0.2, 0.25) is 0 Å². The smallest absolute Gasteiger partial charge is 0.270 e. The Balaban J connectivity index is 1.38. The van der Waals surface area contributed by atoms with Crippen LogP contribution in [0.3, 0.4) is 0 Å². The first-order valence-corrected chi connectivity index (χ1v) is 11.7. The van der Waals surface area contributed by atoms with E-state index in [1.54, 1.807) is 30.3 Å². The molecule has 0 spiro atoms. The summed E-state index contributed by atoms with van der Waals surface area (Å²) in [5, 5.41) is 2.69. The first-order valence-electron chi connectivity index (χ1n) is 10.1. The fourth-order valence-corrected chi connectivity index (χ4v) is 4.58. The number of carbonyl (C=O) groups excluding carboxylic acids is 2. The topological polar surface area (TPSA) is 58.6 Å². The lowest BCUT2D eigenvalue weighted by Crippen LogP contribution is -2.27. The number of rotatable bonds is 6. The van der Waals surface area contributed by atoms with Crippen molar-refractivity contribution in [2.75, 3.05) is 16.8 Å². The van der Waals surface area contributed by atoms with E-state index in [0.29, 0.717) is 26.3 Å². The van der Waals surface area contributed by atoms with Crippen LogP contribution in [0, 0.1) is 12.7 Å². The van der Waals surface area contributed by atoms with Gasteiger partial charge in [-0.2, -0.15) is 0 Å². The van der Waals surface area contributed by atoms with Gasteiger partial charge in [-0.05, 0) is 61.0 Å². The molecule has 2 amide bonds. The van der Waals surface area contributed by atoms with Crippen molar-refractivity contribution in [2.24, 2.45) is 0 Å². The molecule has 3 aromatic rings. The second-order valence-electron chi connectivity index (χ2n) is 7.39. The van der Waals surface area contributed by atoms with Gasteiger partial charge in [-0.25, -0.2) is 4.39 Å². The quantitative estimate of drug-likeness (QED) is 0.314. The summed E-state index contributed by atoms with van der Waals surface area (Å²) in [4.78, 5) is 26.7. The average molecular weight is 513 g/mol. The zero-order chi connectivity index (χ0) is 24.2. The lowest BCUT2D eigenvalue weighted by molar-refractivity contribution is -0.118. The number of hydrogen-bond donors (Lipinski definition) is 1. The van der Waals surface area contributed by atoms with Crippen LogP contribution in [0.4, 0.5) is 15.8 Å². The molecule has 9 heteroatoms. The van der Waals surface area contributed by atoms with E-state index in [0.717, 1.165) is 22.9 Å². The Hall–Kier alpha value is -3.20. The van der Waals surface area contributed by atoms with E-state index in [2.05, 4.69) is 5.32 Å². The third-order valence-electron chi connectivity index (χ3n) is 4.84. The van der Waals surface area contributed by atoms with Gasteiger partial charge >= 0.3 is 0 Å². The molecule has 1 aliphatic rings. The van der Waals surface area contributed by atoms with E-state index in [9.17, 15) is 14.0 Å². The standard InChI is InChI=1S/C25H18ClFN2O3S2/c1-15-2-6-17(7-3-15)28-23(30)14-32-19-9-4-16(5-10-19)12-22-24(31)29(25(33)34-22)18-8-11-21(27)20(26)13-18/h2-13H,14H2,1H3,(H,28,30)/b22-12+. The van der Waals surface area contributed by atoms with Gasteiger partial charge < -0.3 is 10.1 Å². The van der Waals surface area contributed by atoms with Crippen LogP contribution in [0.15, 0.2) is 71.6 Å². The molecule has 1 fully saturated rings. The molecule has 0 unspecified atom stereocenters. The molecular formula is C25H18ClFN2O3S2. The maximum absolute atomic E-state index is 13.5. The van der Waals surface area contributed by atoms with Crippen molar-refractivity contribution in [2.45, 2.75) is 6.92 Å². The van der Waals surface area contributed by atoms with Crippen molar-refractivity contribution >= 4 is 69.2 Å². The number of halogens is 2. The Kier molecular flexibility index (Phi) is 7.31. The molecular weight excluding hydrogens is 495 g/mol. The third-order valence-corrected chi connectivity index (χ3v) is 6.43. The van der Waals surface area contributed by atoms with Gasteiger partial charge in [0.25, 0.3) is 11.8 Å². The highest BCUT2D eigenvalue weighted by Crippen LogP contribution is 2.37. The second-order valence-corrected chi connectivity index (χ2v) is 9.47. The van der Waals surface area contributed by atoms with Crippen LogP contribution < -0.4 is 15.0 Å². The zero-order valence-corrected chi connectivity index (χ0v) is 20.3. The number of thiocarbonyl (C=S) groups is 1. The molecule has 5 nitrogen and oxygen atoms in total. The number of benzene rings is 3. The van der Waals surface area contributed by atoms with E-state index in [4.69, 9.17) is 28.6 Å². The Morgan fingerprint density at radius 1 is 1.15 bits per heavy atom. The van der Waals surface area contributed by atoms with Gasteiger partial charge in [0.1, 0.15) is 11.6 Å². The fraction of sp³-hybridized carbons (Fsp3) is 0.0800. The zero-order valence-electron chi connectivity index (χ0n) is 17.9. The van der Waals surface area contributed by atoms with E-state index in [-0.39, 0.29) is 23.4 Å². The lowest BCUT2D eigenvalue weighted by atomic mass is 10.2. The minimum atomic E-state index is -0.568. The number of hydrogen-bond acceptors (Lipinski definition) is 5. The number of aryl methyl sites for hydroxylation is 1. The van der Waals surface area contributed by atoms with Crippen LogP contribution in [0.25, 0.3) is 6.08 Å². The molecule has 0 saturated carbocycles. The van der Waals surface area contributed by atoms with Crippen molar-refractivity contribution in [1.82, 2.24) is 0 Å². The lowest BCUT2D eigenvalue weighted by Gasteiger charge is -2.14. The van der Waals surface area contributed by atoms with Gasteiger partial charge in [0.05, 0.1) is 15.6 Å². The number of thioether (sulfide) groups is 1. The molecule has 0 aliphatic carbocycles. The van der Waals surface area contributed by atoms with Crippen molar-refractivity contribution < 1.29 is 18.7 Å². The molecule has 0 aromatic heterocycles. The summed E-state index contributed by atoms with van der Waals surface area (Å²) in [7, 11) is 0. The molecule has 1 aliphatic heterocycles. The van der Waals surface area contributed by atoms with E-state index >= 15 is 0 Å². The van der Waals surface area contributed by atoms with Crippen LogP contribution in [0.2, 0.25) is 5.02 Å². The van der Waals surface area contributed by atoms with Crippen molar-refractivity contribution in [1.29, 1.82) is 0 Å². The number of nitrogens with one attached hydrogen (secondary N) is 1. The van der Waals surface area contributed by atoms with Crippen molar-refractivity contribution in [3.05, 3.63) is 93.6 Å². The van der Waals surface area contributed by atoms with E-state index in [1.165, 1.54) is 23.1 Å². The normalized spacial score (nSPS) is 14.6. The summed E-state index contributed by atoms with van der Waals surface area (Å²) in [6.07, 6.45) is 1.71. The van der Waals surface area contributed by atoms with Crippen LogP contribution in [0.5, 0.6) is 5.75 Å². The summed E-state index contributed by atoms with van der Waals surface area (Å²) in [5.74, 6) is -0.630. The second kappa shape index (κ2) is 10.4. The SMILES string of the molecule is Cc1ccc(NC(=O)COc2ccc(/C=C3/SC(=S)N(c4ccc(F)c(Cl)c4)C3=O)cc2)cc1. The predicted molar refractivity (Wildman–Crippen MR) is 139 cm³/mol. The van der Waals surface area contributed by atoms with Crippen LogP contribution in [-0.4, -0.2) is 22.7 Å². The monoisotopic (exact) mass is 512 g/mol. The maximum atomic E-state index is 13.5. The average Bonchev–Trinajstić information content (AvgIpc) is 3.09. The van der Waals surface area contributed by atoms with Crippen molar-refractivity contribution in [3.63, 3.8) is 0 Å². The van der Waals surface area contributed by atoms with Crippen LogP contribution in [-0.2, 0) is 9.59 Å².